The van der Waals surface area contributed by atoms with Crippen LogP contribution in [0.3, 0.4) is 0 Å². The third-order valence-electron chi connectivity index (χ3n) is 2.22. The van der Waals surface area contributed by atoms with Crippen LogP contribution < -0.4 is 4.74 Å². The molecular formula is C13H9BrClIO. The van der Waals surface area contributed by atoms with Crippen LogP contribution in [-0.4, -0.2) is 0 Å². The van der Waals surface area contributed by atoms with Crippen LogP contribution in [0.5, 0.6) is 11.5 Å². The fourth-order valence-electron chi connectivity index (χ4n) is 1.34. The molecule has 0 aliphatic heterocycles. The molecule has 2 aromatic rings. The van der Waals surface area contributed by atoms with E-state index >= 15 is 0 Å². The van der Waals surface area contributed by atoms with Crippen LogP contribution in [0.2, 0.25) is 5.02 Å². The van der Waals surface area contributed by atoms with E-state index in [1.165, 1.54) is 3.57 Å². The molecule has 0 saturated carbocycles. The summed E-state index contributed by atoms with van der Waals surface area (Å²) in [6.45, 7) is 0. The second kappa shape index (κ2) is 6.07. The number of halogens is 3. The summed E-state index contributed by atoms with van der Waals surface area (Å²) in [4.78, 5) is 0. The predicted octanol–water partition coefficient (Wildman–Crippen LogP) is 5.63. The standard InChI is InChI=1S/C13H9BrClIO/c14-8-9-1-4-12(7-13(9)15)17-11-5-2-10(16)3-6-11/h1-7H,8H2. The summed E-state index contributed by atoms with van der Waals surface area (Å²) in [6.07, 6.45) is 0. The van der Waals surface area contributed by atoms with Gasteiger partial charge in [-0.2, -0.15) is 0 Å². The van der Waals surface area contributed by atoms with Crippen LogP contribution in [0.1, 0.15) is 5.56 Å². The smallest absolute Gasteiger partial charge is 0.128 e. The highest BCUT2D eigenvalue weighted by Gasteiger charge is 2.02. The van der Waals surface area contributed by atoms with Crippen molar-refractivity contribution >= 4 is 50.1 Å². The molecule has 0 fully saturated rings. The first-order valence-corrected chi connectivity index (χ1v) is 7.54. The quantitative estimate of drug-likeness (QED) is 0.459. The Balaban J connectivity index is 2.19. The van der Waals surface area contributed by atoms with E-state index in [2.05, 4.69) is 38.5 Å². The van der Waals surface area contributed by atoms with Gasteiger partial charge in [-0.15, -0.1) is 0 Å². The molecule has 2 aromatic carbocycles. The number of rotatable bonds is 3. The third-order valence-corrected chi connectivity index (χ3v) is 3.89. The van der Waals surface area contributed by atoms with E-state index in [1.807, 2.05) is 42.5 Å². The predicted molar refractivity (Wildman–Crippen MR) is 83.3 cm³/mol. The fourth-order valence-corrected chi connectivity index (χ4v) is 2.59. The van der Waals surface area contributed by atoms with Gasteiger partial charge in [-0.3, -0.25) is 0 Å². The average molecular weight is 423 g/mol. The molecule has 0 spiro atoms. The molecule has 0 atom stereocenters. The highest BCUT2D eigenvalue weighted by Crippen LogP contribution is 2.28. The molecule has 4 heteroatoms. The molecule has 2 rings (SSSR count). The van der Waals surface area contributed by atoms with Crippen LogP contribution in [-0.2, 0) is 5.33 Å². The average Bonchev–Trinajstić information content (AvgIpc) is 2.32. The molecule has 0 radical (unpaired) electrons. The first-order chi connectivity index (χ1) is 8.19. The van der Waals surface area contributed by atoms with Crippen molar-refractivity contribution in [2.45, 2.75) is 5.33 Å². The van der Waals surface area contributed by atoms with Crippen molar-refractivity contribution in [2.75, 3.05) is 0 Å². The molecule has 0 heterocycles. The second-order valence-corrected chi connectivity index (χ2v) is 5.66. The summed E-state index contributed by atoms with van der Waals surface area (Å²) < 4.78 is 6.89. The van der Waals surface area contributed by atoms with E-state index in [4.69, 9.17) is 16.3 Å². The van der Waals surface area contributed by atoms with Crippen LogP contribution >= 0.6 is 50.1 Å². The highest BCUT2D eigenvalue weighted by atomic mass is 127. The molecule has 0 aliphatic carbocycles. The van der Waals surface area contributed by atoms with Crippen molar-refractivity contribution in [3.63, 3.8) is 0 Å². The lowest BCUT2D eigenvalue weighted by atomic mass is 10.2. The van der Waals surface area contributed by atoms with Gasteiger partial charge in [0.05, 0.1) is 0 Å². The zero-order chi connectivity index (χ0) is 12.3. The maximum atomic E-state index is 6.11. The Bertz CT molecular complexity index is 513. The van der Waals surface area contributed by atoms with Gasteiger partial charge in [0, 0.05) is 13.9 Å². The van der Waals surface area contributed by atoms with E-state index in [0.29, 0.717) is 5.02 Å². The third kappa shape index (κ3) is 3.60. The first-order valence-electron chi connectivity index (χ1n) is 4.97. The number of hydrogen-bond acceptors (Lipinski definition) is 1. The molecule has 88 valence electrons. The first kappa shape index (κ1) is 13.2. The zero-order valence-electron chi connectivity index (χ0n) is 8.79. The summed E-state index contributed by atoms with van der Waals surface area (Å²) >= 11 is 11.8. The molecule has 1 nitrogen and oxygen atoms in total. The Hall–Kier alpha value is -0.260. The Morgan fingerprint density at radius 1 is 1.06 bits per heavy atom. The lowest BCUT2D eigenvalue weighted by Gasteiger charge is -2.07. The van der Waals surface area contributed by atoms with Gasteiger partial charge >= 0.3 is 0 Å². The molecule has 0 saturated heterocycles. The van der Waals surface area contributed by atoms with Gasteiger partial charge in [0.1, 0.15) is 11.5 Å². The molecule has 0 bridgehead atoms. The van der Waals surface area contributed by atoms with Gasteiger partial charge < -0.3 is 4.74 Å². The summed E-state index contributed by atoms with van der Waals surface area (Å²) in [5.41, 5.74) is 1.06. The number of hydrogen-bond donors (Lipinski definition) is 0. The Labute approximate surface area is 127 Å². The van der Waals surface area contributed by atoms with E-state index in [1.54, 1.807) is 0 Å². The van der Waals surface area contributed by atoms with Gasteiger partial charge in [-0.25, -0.2) is 0 Å². The van der Waals surface area contributed by atoms with E-state index in [-0.39, 0.29) is 0 Å². The maximum absolute atomic E-state index is 6.11. The van der Waals surface area contributed by atoms with E-state index in [9.17, 15) is 0 Å². The zero-order valence-corrected chi connectivity index (χ0v) is 13.3. The molecule has 0 N–H and O–H groups in total. The summed E-state index contributed by atoms with van der Waals surface area (Å²) in [5.74, 6) is 1.56. The second-order valence-electron chi connectivity index (χ2n) is 3.44. The molecule has 0 unspecified atom stereocenters. The molecule has 0 aliphatic rings. The largest absolute Gasteiger partial charge is 0.457 e. The number of ether oxygens (including phenoxy) is 1. The van der Waals surface area contributed by atoms with Crippen molar-refractivity contribution in [1.82, 2.24) is 0 Å². The Morgan fingerprint density at radius 3 is 2.29 bits per heavy atom. The maximum Gasteiger partial charge on any atom is 0.128 e. The number of benzene rings is 2. The van der Waals surface area contributed by atoms with Crippen LogP contribution in [0.15, 0.2) is 42.5 Å². The van der Waals surface area contributed by atoms with Crippen LogP contribution in [0.25, 0.3) is 0 Å². The minimum atomic E-state index is 0.713. The van der Waals surface area contributed by atoms with E-state index < -0.39 is 0 Å². The van der Waals surface area contributed by atoms with Gasteiger partial charge in [-0.05, 0) is 64.6 Å². The Kier molecular flexibility index (Phi) is 4.70. The van der Waals surface area contributed by atoms with E-state index in [0.717, 1.165) is 22.4 Å². The van der Waals surface area contributed by atoms with Crippen molar-refractivity contribution in [3.8, 4) is 11.5 Å². The Morgan fingerprint density at radius 2 is 1.71 bits per heavy atom. The lowest BCUT2D eigenvalue weighted by Crippen LogP contribution is -1.86. The molecular weight excluding hydrogens is 414 g/mol. The molecule has 0 amide bonds. The van der Waals surface area contributed by atoms with Gasteiger partial charge in [0.25, 0.3) is 0 Å². The molecule has 0 aromatic heterocycles. The SMILES string of the molecule is Clc1cc(Oc2ccc(I)cc2)ccc1CBr. The topological polar surface area (TPSA) is 9.23 Å². The van der Waals surface area contributed by atoms with Gasteiger partial charge in [-0.1, -0.05) is 33.6 Å². The molecule has 17 heavy (non-hydrogen) atoms. The normalized spacial score (nSPS) is 10.3. The minimum Gasteiger partial charge on any atom is -0.457 e. The van der Waals surface area contributed by atoms with Gasteiger partial charge in [0.2, 0.25) is 0 Å². The highest BCUT2D eigenvalue weighted by molar-refractivity contribution is 14.1. The van der Waals surface area contributed by atoms with Crippen molar-refractivity contribution in [1.29, 1.82) is 0 Å². The van der Waals surface area contributed by atoms with Crippen molar-refractivity contribution in [2.24, 2.45) is 0 Å². The van der Waals surface area contributed by atoms with Crippen LogP contribution in [0.4, 0.5) is 0 Å². The summed E-state index contributed by atoms with van der Waals surface area (Å²) in [6, 6.07) is 13.6. The summed E-state index contributed by atoms with van der Waals surface area (Å²) in [7, 11) is 0. The number of alkyl halides is 1. The monoisotopic (exact) mass is 422 g/mol. The van der Waals surface area contributed by atoms with Gasteiger partial charge in [0.15, 0.2) is 0 Å². The van der Waals surface area contributed by atoms with Crippen LogP contribution in [0, 0.1) is 3.57 Å². The van der Waals surface area contributed by atoms with Crippen molar-refractivity contribution < 1.29 is 4.74 Å². The minimum absolute atomic E-state index is 0.713. The lowest BCUT2D eigenvalue weighted by molar-refractivity contribution is 0.482. The van der Waals surface area contributed by atoms with Crippen molar-refractivity contribution in [3.05, 3.63) is 56.6 Å². The summed E-state index contributed by atoms with van der Waals surface area (Å²) in [5, 5.41) is 1.46. The fraction of sp³-hybridized carbons (Fsp3) is 0.0769.